The summed E-state index contributed by atoms with van der Waals surface area (Å²) in [5, 5.41) is 6.24. The topological polar surface area (TPSA) is 42.0 Å². The summed E-state index contributed by atoms with van der Waals surface area (Å²) >= 11 is 3.40. The van der Waals surface area contributed by atoms with Crippen molar-refractivity contribution in [1.29, 1.82) is 0 Å². The number of thioether (sulfide) groups is 1. The number of thiazole rings is 1. The van der Waals surface area contributed by atoms with E-state index in [1.54, 1.807) is 23.1 Å². The summed E-state index contributed by atoms with van der Waals surface area (Å²) in [6.07, 6.45) is 0. The number of amides is 1. The predicted molar refractivity (Wildman–Crippen MR) is 110 cm³/mol. The van der Waals surface area contributed by atoms with Crippen molar-refractivity contribution in [1.82, 2.24) is 10.3 Å². The molecule has 5 heteroatoms. The van der Waals surface area contributed by atoms with E-state index < -0.39 is 0 Å². The Labute approximate surface area is 162 Å². The van der Waals surface area contributed by atoms with E-state index in [9.17, 15) is 4.79 Å². The molecule has 0 aliphatic rings. The number of nitrogens with zero attached hydrogens (tertiary/aromatic N) is 1. The first-order chi connectivity index (χ1) is 12.5. The van der Waals surface area contributed by atoms with E-state index in [0.29, 0.717) is 5.56 Å². The fraction of sp³-hybridized carbons (Fsp3) is 0.238. The summed E-state index contributed by atoms with van der Waals surface area (Å²) in [4.78, 5) is 18.1. The maximum Gasteiger partial charge on any atom is 0.251 e. The SMILES string of the molecule is Cc1ccc(C(C)NC(=O)c2ccc(SCc3csc(C)n3)cc2)cc1. The third kappa shape index (κ3) is 4.96. The Morgan fingerprint density at radius 3 is 2.42 bits per heavy atom. The van der Waals surface area contributed by atoms with E-state index in [1.165, 1.54) is 5.56 Å². The molecule has 0 spiro atoms. The monoisotopic (exact) mass is 382 g/mol. The van der Waals surface area contributed by atoms with Gasteiger partial charge in [-0.3, -0.25) is 4.79 Å². The molecule has 0 bridgehead atoms. The Morgan fingerprint density at radius 1 is 1.12 bits per heavy atom. The van der Waals surface area contributed by atoms with E-state index in [-0.39, 0.29) is 11.9 Å². The smallest absolute Gasteiger partial charge is 0.251 e. The summed E-state index contributed by atoms with van der Waals surface area (Å²) in [6, 6.07) is 16.0. The van der Waals surface area contributed by atoms with Crippen molar-refractivity contribution in [3.63, 3.8) is 0 Å². The van der Waals surface area contributed by atoms with Crippen molar-refractivity contribution in [2.75, 3.05) is 0 Å². The molecule has 0 fully saturated rings. The number of nitrogens with one attached hydrogen (secondary N) is 1. The van der Waals surface area contributed by atoms with Gasteiger partial charge in [-0.05, 0) is 50.6 Å². The number of rotatable bonds is 6. The van der Waals surface area contributed by atoms with Crippen LogP contribution in [0.25, 0.3) is 0 Å². The maximum absolute atomic E-state index is 12.5. The summed E-state index contributed by atoms with van der Waals surface area (Å²) in [7, 11) is 0. The Kier molecular flexibility index (Phi) is 6.12. The molecule has 26 heavy (non-hydrogen) atoms. The van der Waals surface area contributed by atoms with Crippen LogP contribution in [0.15, 0.2) is 58.8 Å². The van der Waals surface area contributed by atoms with Crippen LogP contribution in [0.2, 0.25) is 0 Å². The van der Waals surface area contributed by atoms with Gasteiger partial charge in [0.05, 0.1) is 16.7 Å². The van der Waals surface area contributed by atoms with Gasteiger partial charge in [0.2, 0.25) is 0 Å². The molecule has 134 valence electrons. The van der Waals surface area contributed by atoms with Gasteiger partial charge in [-0.1, -0.05) is 29.8 Å². The predicted octanol–water partition coefficient (Wildman–Crippen LogP) is 5.54. The zero-order valence-electron chi connectivity index (χ0n) is 15.2. The lowest BCUT2D eigenvalue weighted by atomic mass is 10.1. The second kappa shape index (κ2) is 8.52. The third-order valence-corrected chi connectivity index (χ3v) is 5.96. The molecule has 2 aromatic carbocycles. The highest BCUT2D eigenvalue weighted by Gasteiger charge is 2.11. The molecular weight excluding hydrogens is 360 g/mol. The lowest BCUT2D eigenvalue weighted by Gasteiger charge is -2.15. The highest BCUT2D eigenvalue weighted by atomic mass is 32.2. The van der Waals surface area contributed by atoms with Crippen LogP contribution in [0.5, 0.6) is 0 Å². The van der Waals surface area contributed by atoms with Crippen molar-refractivity contribution in [2.24, 2.45) is 0 Å². The van der Waals surface area contributed by atoms with Crippen molar-refractivity contribution < 1.29 is 4.79 Å². The van der Waals surface area contributed by atoms with Crippen LogP contribution in [0.4, 0.5) is 0 Å². The zero-order valence-corrected chi connectivity index (χ0v) is 16.8. The van der Waals surface area contributed by atoms with Crippen LogP contribution in [0.3, 0.4) is 0 Å². The van der Waals surface area contributed by atoms with Crippen molar-refractivity contribution in [3.05, 3.63) is 81.3 Å². The van der Waals surface area contributed by atoms with Crippen LogP contribution < -0.4 is 5.32 Å². The first-order valence-electron chi connectivity index (χ1n) is 8.52. The number of hydrogen-bond donors (Lipinski definition) is 1. The van der Waals surface area contributed by atoms with Gasteiger partial charge in [-0.25, -0.2) is 4.98 Å². The highest BCUT2D eigenvalue weighted by molar-refractivity contribution is 7.98. The summed E-state index contributed by atoms with van der Waals surface area (Å²) in [5.74, 6) is 0.796. The lowest BCUT2D eigenvalue weighted by Crippen LogP contribution is -2.26. The van der Waals surface area contributed by atoms with E-state index >= 15 is 0 Å². The second-order valence-corrected chi connectivity index (χ2v) is 8.39. The molecule has 0 aliphatic heterocycles. The number of carbonyl (C=O) groups excluding carboxylic acids is 1. The van der Waals surface area contributed by atoms with Gasteiger partial charge in [0.15, 0.2) is 0 Å². The quantitative estimate of drug-likeness (QED) is 0.569. The molecule has 1 aromatic heterocycles. The van der Waals surface area contributed by atoms with E-state index in [4.69, 9.17) is 0 Å². The van der Waals surface area contributed by atoms with Gasteiger partial charge in [0.25, 0.3) is 5.91 Å². The standard InChI is InChI=1S/C21H22N2OS2/c1-14-4-6-17(7-5-14)15(2)22-21(24)18-8-10-20(11-9-18)26-13-19-12-25-16(3)23-19/h4-12,15H,13H2,1-3H3,(H,22,24). The molecule has 1 amide bonds. The number of benzene rings is 2. The third-order valence-electron chi connectivity index (χ3n) is 4.09. The van der Waals surface area contributed by atoms with Gasteiger partial charge in [0.1, 0.15) is 0 Å². The summed E-state index contributed by atoms with van der Waals surface area (Å²) < 4.78 is 0. The maximum atomic E-state index is 12.5. The van der Waals surface area contributed by atoms with Crippen LogP contribution in [0.1, 0.15) is 45.2 Å². The highest BCUT2D eigenvalue weighted by Crippen LogP contribution is 2.24. The molecule has 3 nitrogen and oxygen atoms in total. The van der Waals surface area contributed by atoms with Crippen LogP contribution in [-0.2, 0) is 5.75 Å². The number of hydrogen-bond acceptors (Lipinski definition) is 4. The summed E-state index contributed by atoms with van der Waals surface area (Å²) in [5.41, 5.74) is 4.10. The van der Waals surface area contributed by atoms with Gasteiger partial charge < -0.3 is 5.32 Å². The fourth-order valence-corrected chi connectivity index (χ4v) is 4.06. The fourth-order valence-electron chi connectivity index (χ4n) is 2.55. The molecule has 0 radical (unpaired) electrons. The summed E-state index contributed by atoms with van der Waals surface area (Å²) in [6.45, 7) is 6.08. The Hall–Kier alpha value is -2.11. The molecule has 0 saturated heterocycles. The van der Waals surface area contributed by atoms with Crippen LogP contribution >= 0.6 is 23.1 Å². The molecule has 1 heterocycles. The first-order valence-corrected chi connectivity index (χ1v) is 10.4. The average molecular weight is 383 g/mol. The molecule has 0 aliphatic carbocycles. The van der Waals surface area contributed by atoms with Crippen molar-refractivity contribution >= 4 is 29.0 Å². The zero-order chi connectivity index (χ0) is 18.5. The van der Waals surface area contributed by atoms with Crippen LogP contribution in [0, 0.1) is 13.8 Å². The van der Waals surface area contributed by atoms with Crippen LogP contribution in [-0.4, -0.2) is 10.9 Å². The molecule has 1 unspecified atom stereocenters. The number of aryl methyl sites for hydroxylation is 2. The second-order valence-electron chi connectivity index (χ2n) is 6.28. The normalized spacial score (nSPS) is 12.0. The molecule has 1 N–H and O–H groups in total. The molecular formula is C21H22N2OS2. The Morgan fingerprint density at radius 2 is 1.81 bits per heavy atom. The van der Waals surface area contributed by atoms with Gasteiger partial charge in [-0.15, -0.1) is 23.1 Å². The number of carbonyl (C=O) groups is 1. The minimum Gasteiger partial charge on any atom is -0.346 e. The molecule has 3 aromatic rings. The van der Waals surface area contributed by atoms with Gasteiger partial charge >= 0.3 is 0 Å². The molecule has 0 saturated carbocycles. The average Bonchev–Trinajstić information content (AvgIpc) is 3.06. The largest absolute Gasteiger partial charge is 0.346 e. The lowest BCUT2D eigenvalue weighted by molar-refractivity contribution is 0.0940. The van der Waals surface area contributed by atoms with Gasteiger partial charge in [0, 0.05) is 21.6 Å². The molecule has 1 atom stereocenters. The van der Waals surface area contributed by atoms with Gasteiger partial charge in [-0.2, -0.15) is 0 Å². The van der Waals surface area contributed by atoms with E-state index in [0.717, 1.165) is 26.9 Å². The van der Waals surface area contributed by atoms with Crippen molar-refractivity contribution in [3.8, 4) is 0 Å². The van der Waals surface area contributed by atoms with Crippen molar-refractivity contribution in [2.45, 2.75) is 37.5 Å². The van der Waals surface area contributed by atoms with E-state index in [2.05, 4.69) is 46.9 Å². The van der Waals surface area contributed by atoms with E-state index in [1.807, 2.05) is 38.1 Å². The Balaban J connectivity index is 1.57. The number of aromatic nitrogens is 1. The minimum absolute atomic E-state index is 0.0231. The molecule has 3 rings (SSSR count). The Bertz CT molecular complexity index is 870. The minimum atomic E-state index is -0.0512. The first kappa shape index (κ1) is 18.7.